The van der Waals surface area contributed by atoms with E-state index in [0.717, 1.165) is 24.3 Å². The predicted octanol–water partition coefficient (Wildman–Crippen LogP) is 1.83. The van der Waals surface area contributed by atoms with Crippen LogP contribution in [0.15, 0.2) is 24.3 Å². The second kappa shape index (κ2) is 4.48. The van der Waals surface area contributed by atoms with Crippen molar-refractivity contribution >= 4 is 17.6 Å². The molecule has 0 unspecified atom stereocenters. The summed E-state index contributed by atoms with van der Waals surface area (Å²) in [6.07, 6.45) is 1.85. The Hall–Kier alpha value is -2.04. The van der Waals surface area contributed by atoms with E-state index in [9.17, 15) is 9.59 Å². The van der Waals surface area contributed by atoms with Gasteiger partial charge in [0.05, 0.1) is 18.9 Å². The van der Waals surface area contributed by atoms with Crippen LogP contribution in [0.4, 0.5) is 5.69 Å². The van der Waals surface area contributed by atoms with Crippen LogP contribution in [0, 0.1) is 23.7 Å². The van der Waals surface area contributed by atoms with Crippen molar-refractivity contribution in [1.29, 1.82) is 0 Å². The lowest BCUT2D eigenvalue weighted by Crippen LogP contribution is -2.35. The number of methoxy groups -OCH3 is 1. The minimum Gasteiger partial charge on any atom is -0.497 e. The molecule has 2 aliphatic carbocycles. The number of ether oxygens (including phenoxy) is 2. The van der Waals surface area contributed by atoms with Gasteiger partial charge in [-0.2, -0.15) is 0 Å². The summed E-state index contributed by atoms with van der Waals surface area (Å²) < 4.78 is 10.5. The highest BCUT2D eigenvalue weighted by molar-refractivity contribution is 5.97. The summed E-state index contributed by atoms with van der Waals surface area (Å²) in [7, 11) is 1.60. The molecule has 0 aromatic heterocycles. The van der Waals surface area contributed by atoms with Crippen LogP contribution in [0.2, 0.25) is 0 Å². The van der Waals surface area contributed by atoms with Crippen molar-refractivity contribution in [2.24, 2.45) is 23.7 Å². The Kier molecular flexibility index (Phi) is 2.71. The van der Waals surface area contributed by atoms with Crippen molar-refractivity contribution in [2.45, 2.75) is 18.9 Å². The molecule has 110 valence electrons. The first-order valence-electron chi connectivity index (χ1n) is 7.33. The lowest BCUT2D eigenvalue weighted by molar-refractivity contribution is -0.145. The summed E-state index contributed by atoms with van der Waals surface area (Å²) in [5.74, 6) is 0.587. The molecule has 1 aromatic rings. The Bertz CT molecular complexity index is 595. The smallest absolute Gasteiger partial charge is 0.310 e. The number of amides is 1. The fraction of sp³-hybridized carbons (Fsp3) is 0.500. The highest BCUT2D eigenvalue weighted by atomic mass is 16.6. The van der Waals surface area contributed by atoms with Gasteiger partial charge in [0.15, 0.2) is 0 Å². The van der Waals surface area contributed by atoms with Gasteiger partial charge in [0.1, 0.15) is 11.9 Å². The molecule has 2 saturated carbocycles. The monoisotopic (exact) mass is 287 g/mol. The molecule has 1 N–H and O–H groups in total. The molecule has 3 aliphatic rings. The molecule has 1 heterocycles. The Morgan fingerprint density at radius 2 is 2.05 bits per heavy atom. The van der Waals surface area contributed by atoms with E-state index in [1.165, 1.54) is 0 Å². The molecular formula is C16H17NO4. The molecule has 3 fully saturated rings. The molecule has 1 aliphatic heterocycles. The first-order valence-corrected chi connectivity index (χ1v) is 7.33. The van der Waals surface area contributed by atoms with Crippen LogP contribution in [0.5, 0.6) is 5.75 Å². The van der Waals surface area contributed by atoms with Crippen LogP contribution < -0.4 is 10.1 Å². The molecule has 1 amide bonds. The van der Waals surface area contributed by atoms with E-state index in [1.54, 1.807) is 31.4 Å². The Morgan fingerprint density at radius 1 is 1.29 bits per heavy atom. The number of benzene rings is 1. The van der Waals surface area contributed by atoms with Crippen LogP contribution in [0.25, 0.3) is 0 Å². The fourth-order valence-corrected chi connectivity index (χ4v) is 4.26. The molecule has 21 heavy (non-hydrogen) atoms. The second-order valence-electron chi connectivity index (χ2n) is 6.14. The van der Waals surface area contributed by atoms with Gasteiger partial charge in [0.2, 0.25) is 5.91 Å². The van der Waals surface area contributed by atoms with Gasteiger partial charge >= 0.3 is 5.97 Å². The summed E-state index contributed by atoms with van der Waals surface area (Å²) in [6, 6.07) is 7.21. The van der Waals surface area contributed by atoms with Crippen LogP contribution in [0.1, 0.15) is 12.8 Å². The van der Waals surface area contributed by atoms with E-state index >= 15 is 0 Å². The Morgan fingerprint density at radius 3 is 2.76 bits per heavy atom. The van der Waals surface area contributed by atoms with Gasteiger partial charge in [-0.3, -0.25) is 9.59 Å². The molecule has 1 saturated heterocycles. The second-order valence-corrected chi connectivity index (χ2v) is 6.14. The van der Waals surface area contributed by atoms with Gasteiger partial charge < -0.3 is 14.8 Å². The van der Waals surface area contributed by atoms with Gasteiger partial charge in [0.25, 0.3) is 0 Å². The summed E-state index contributed by atoms with van der Waals surface area (Å²) in [6.45, 7) is 0. The fourth-order valence-electron chi connectivity index (χ4n) is 4.26. The number of rotatable bonds is 3. The van der Waals surface area contributed by atoms with Gasteiger partial charge in [-0.25, -0.2) is 0 Å². The van der Waals surface area contributed by atoms with Crippen LogP contribution in [-0.2, 0) is 14.3 Å². The van der Waals surface area contributed by atoms with Gasteiger partial charge in [0, 0.05) is 11.6 Å². The molecule has 4 rings (SSSR count). The zero-order valence-electron chi connectivity index (χ0n) is 11.7. The summed E-state index contributed by atoms with van der Waals surface area (Å²) in [5, 5.41) is 2.92. The first-order chi connectivity index (χ1) is 10.2. The van der Waals surface area contributed by atoms with E-state index in [0.29, 0.717) is 0 Å². The molecular weight excluding hydrogens is 270 g/mol. The van der Waals surface area contributed by atoms with Gasteiger partial charge in [-0.1, -0.05) is 0 Å². The molecule has 5 nitrogen and oxygen atoms in total. The third-order valence-electron chi connectivity index (χ3n) is 5.14. The average Bonchev–Trinajstić information content (AvgIpc) is 3.09. The van der Waals surface area contributed by atoms with Crippen molar-refractivity contribution in [3.63, 3.8) is 0 Å². The van der Waals surface area contributed by atoms with Crippen molar-refractivity contribution in [1.82, 2.24) is 0 Å². The maximum absolute atomic E-state index is 12.5. The number of nitrogens with one attached hydrogen (secondary N) is 1. The number of fused-ring (bicyclic) bond motifs is 1. The normalized spacial score (nSPS) is 35.7. The van der Waals surface area contributed by atoms with Crippen LogP contribution in [-0.4, -0.2) is 25.1 Å². The molecule has 1 aromatic carbocycles. The van der Waals surface area contributed by atoms with Crippen molar-refractivity contribution in [2.75, 3.05) is 12.4 Å². The number of carbonyl (C=O) groups is 2. The highest BCUT2D eigenvalue weighted by Crippen LogP contribution is 2.57. The minimum absolute atomic E-state index is 0.0602. The van der Waals surface area contributed by atoms with Crippen LogP contribution in [0.3, 0.4) is 0 Å². The first kappa shape index (κ1) is 12.7. The summed E-state index contributed by atoms with van der Waals surface area (Å²) in [5.41, 5.74) is 0.728. The maximum atomic E-state index is 12.5. The largest absolute Gasteiger partial charge is 0.497 e. The molecule has 0 spiro atoms. The van der Waals surface area contributed by atoms with E-state index in [-0.39, 0.29) is 41.7 Å². The zero-order chi connectivity index (χ0) is 14.6. The van der Waals surface area contributed by atoms with Crippen molar-refractivity contribution in [3.8, 4) is 5.75 Å². The lowest BCUT2D eigenvalue weighted by atomic mass is 9.79. The lowest BCUT2D eigenvalue weighted by Gasteiger charge is -2.23. The third-order valence-corrected chi connectivity index (χ3v) is 5.14. The molecule has 5 heteroatoms. The standard InChI is InChI=1S/C16H17NO4/c1-20-10-4-2-9(3-5-10)17-15(18)13-8-6-11-12(7-8)21-16(19)14(11)13/h2-5,8,11-14H,6-7H2,1H3,(H,17,18)/t8-,11+,12-,13+,14+/m1/s1. The maximum Gasteiger partial charge on any atom is 0.310 e. The van der Waals surface area contributed by atoms with Crippen molar-refractivity contribution < 1.29 is 19.1 Å². The van der Waals surface area contributed by atoms with E-state index in [1.807, 2.05) is 0 Å². The number of hydrogen-bond donors (Lipinski definition) is 1. The van der Waals surface area contributed by atoms with E-state index < -0.39 is 0 Å². The number of hydrogen-bond acceptors (Lipinski definition) is 4. The molecule has 2 bridgehead atoms. The quantitative estimate of drug-likeness (QED) is 0.861. The van der Waals surface area contributed by atoms with E-state index in [2.05, 4.69) is 5.32 Å². The minimum atomic E-state index is -0.233. The highest BCUT2D eigenvalue weighted by Gasteiger charge is 2.63. The van der Waals surface area contributed by atoms with Gasteiger partial charge in [-0.15, -0.1) is 0 Å². The molecule has 5 atom stereocenters. The number of esters is 1. The average molecular weight is 287 g/mol. The predicted molar refractivity (Wildman–Crippen MR) is 74.7 cm³/mol. The zero-order valence-corrected chi connectivity index (χ0v) is 11.7. The van der Waals surface area contributed by atoms with Gasteiger partial charge in [-0.05, 0) is 43.0 Å². The topological polar surface area (TPSA) is 64.6 Å². The SMILES string of the molecule is COc1ccc(NC(=O)[C@H]2[C@@H]3C[C@@H]4[C@@H]2C(=O)O[C@@H]4C3)cc1. The third kappa shape index (κ3) is 1.83. The number of anilines is 1. The number of carbonyl (C=O) groups excluding carboxylic acids is 2. The van der Waals surface area contributed by atoms with Crippen LogP contribution >= 0.6 is 0 Å². The Labute approximate surface area is 122 Å². The Balaban J connectivity index is 1.51. The van der Waals surface area contributed by atoms with Crippen molar-refractivity contribution in [3.05, 3.63) is 24.3 Å². The van der Waals surface area contributed by atoms with E-state index in [4.69, 9.17) is 9.47 Å². The summed E-state index contributed by atoms with van der Waals surface area (Å²) in [4.78, 5) is 24.5. The summed E-state index contributed by atoms with van der Waals surface area (Å²) >= 11 is 0. The molecule has 0 radical (unpaired) electrons.